The number of nitriles is 1. The van der Waals surface area contributed by atoms with Gasteiger partial charge in [0, 0.05) is 6.92 Å². The van der Waals surface area contributed by atoms with Crippen LogP contribution in [-0.2, 0) is 0 Å². The van der Waals surface area contributed by atoms with E-state index < -0.39 is 0 Å². The van der Waals surface area contributed by atoms with Gasteiger partial charge in [-0.3, -0.25) is 19.0 Å². The van der Waals surface area contributed by atoms with Crippen molar-refractivity contribution in [2.24, 2.45) is 0 Å². The van der Waals surface area contributed by atoms with Crippen molar-refractivity contribution < 1.29 is 34.0 Å². The third-order valence-electron chi connectivity index (χ3n) is 1.89. The second-order valence-electron chi connectivity index (χ2n) is 4.45. The average Bonchev–Trinajstić information content (AvgIpc) is 2.12. The fraction of sp³-hybridized carbons (Fsp3) is 0.750. The SMILES string of the molecule is CC#N.CN(C)C(C(N(C)C)=[N+](C)C)=[N+](C)C.[Cl-].[Cl-]. The lowest BCUT2D eigenvalue weighted by Gasteiger charge is -2.15. The van der Waals surface area contributed by atoms with Gasteiger partial charge in [0.25, 0.3) is 0 Å². The third-order valence-corrected chi connectivity index (χ3v) is 1.89. The second kappa shape index (κ2) is 13.4. The van der Waals surface area contributed by atoms with Gasteiger partial charge in [0.1, 0.15) is 0 Å². The number of likely N-dealkylation sites (N-methyl/N-ethyl adjacent to an activating group) is 2. The van der Waals surface area contributed by atoms with E-state index in [9.17, 15) is 0 Å². The zero-order chi connectivity index (χ0) is 14.2. The highest BCUT2D eigenvalue weighted by molar-refractivity contribution is 6.35. The second-order valence-corrected chi connectivity index (χ2v) is 4.45. The van der Waals surface area contributed by atoms with Crippen LogP contribution in [0.15, 0.2) is 0 Å². The highest BCUT2D eigenvalue weighted by Crippen LogP contribution is 1.91. The van der Waals surface area contributed by atoms with Crippen molar-refractivity contribution in [3.8, 4) is 6.07 Å². The first-order valence-corrected chi connectivity index (χ1v) is 5.45. The van der Waals surface area contributed by atoms with E-state index in [0.717, 1.165) is 0 Å². The molecule has 0 bridgehead atoms. The smallest absolute Gasteiger partial charge is 0.361 e. The Morgan fingerprint density at radius 2 is 0.947 bits per heavy atom. The minimum absolute atomic E-state index is 0. The molecular weight excluding hydrogens is 285 g/mol. The van der Waals surface area contributed by atoms with Gasteiger partial charge in [-0.25, -0.2) is 0 Å². The van der Waals surface area contributed by atoms with Crippen molar-refractivity contribution in [1.82, 2.24) is 9.80 Å². The van der Waals surface area contributed by atoms with E-state index in [0.29, 0.717) is 0 Å². The number of rotatable bonds is 0. The van der Waals surface area contributed by atoms with E-state index in [4.69, 9.17) is 5.26 Å². The van der Waals surface area contributed by atoms with E-state index in [1.807, 2.05) is 0 Å². The summed E-state index contributed by atoms with van der Waals surface area (Å²) in [6.07, 6.45) is 0. The summed E-state index contributed by atoms with van der Waals surface area (Å²) in [7, 11) is 16.5. The van der Waals surface area contributed by atoms with Gasteiger partial charge in [-0.05, 0) is 0 Å². The fourth-order valence-corrected chi connectivity index (χ4v) is 1.60. The van der Waals surface area contributed by atoms with E-state index in [2.05, 4.69) is 75.3 Å². The maximum Gasteiger partial charge on any atom is 0.361 e. The van der Waals surface area contributed by atoms with Gasteiger partial charge in [0.05, 0.1) is 62.5 Å². The Morgan fingerprint density at radius 1 is 0.789 bits per heavy atom. The molecule has 0 aromatic carbocycles. The molecule has 0 fully saturated rings. The van der Waals surface area contributed by atoms with Crippen LogP contribution in [0.2, 0.25) is 0 Å². The molecular formula is C12H27Cl2N5. The molecule has 0 spiro atoms. The van der Waals surface area contributed by atoms with E-state index in [1.54, 1.807) is 6.07 Å². The number of nitrogens with zero attached hydrogens (tertiary/aromatic N) is 5. The molecule has 0 aromatic rings. The largest absolute Gasteiger partial charge is 1.00 e. The molecule has 7 heteroatoms. The van der Waals surface area contributed by atoms with Crippen molar-refractivity contribution in [2.45, 2.75) is 6.92 Å². The third kappa shape index (κ3) is 10.6. The maximum absolute atomic E-state index is 7.32. The maximum atomic E-state index is 7.32. The fourth-order valence-electron chi connectivity index (χ4n) is 1.60. The molecule has 0 N–H and O–H groups in total. The van der Waals surface area contributed by atoms with Gasteiger partial charge in [0.15, 0.2) is 0 Å². The monoisotopic (exact) mass is 311 g/mol. The van der Waals surface area contributed by atoms with E-state index in [-0.39, 0.29) is 24.8 Å². The summed E-state index contributed by atoms with van der Waals surface area (Å²) in [6.45, 7) is 1.43. The van der Waals surface area contributed by atoms with E-state index >= 15 is 0 Å². The first-order chi connectivity index (χ1) is 7.70. The molecule has 5 nitrogen and oxygen atoms in total. The molecule has 0 unspecified atom stereocenters. The molecule has 0 aliphatic heterocycles. The summed E-state index contributed by atoms with van der Waals surface area (Å²) in [5, 5.41) is 7.32. The molecule has 0 saturated carbocycles. The summed E-state index contributed by atoms with van der Waals surface area (Å²) in [5.74, 6) is 2.39. The van der Waals surface area contributed by atoms with Crippen molar-refractivity contribution in [1.29, 1.82) is 5.26 Å². The molecule has 0 atom stereocenters. The van der Waals surface area contributed by atoms with E-state index in [1.165, 1.54) is 18.6 Å². The topological polar surface area (TPSA) is 36.3 Å². The first-order valence-electron chi connectivity index (χ1n) is 5.45. The summed E-state index contributed by atoms with van der Waals surface area (Å²) in [6, 6.07) is 1.75. The lowest BCUT2D eigenvalue weighted by molar-refractivity contribution is -0.485. The molecule has 0 amide bonds. The number of hydrogen-bond donors (Lipinski definition) is 0. The minimum Gasteiger partial charge on any atom is -1.00 e. The van der Waals surface area contributed by atoms with Gasteiger partial charge >= 0.3 is 11.7 Å². The molecule has 0 aliphatic carbocycles. The van der Waals surface area contributed by atoms with Gasteiger partial charge in [-0.2, -0.15) is 5.26 Å². The summed E-state index contributed by atoms with van der Waals surface area (Å²) in [5.41, 5.74) is 0. The van der Waals surface area contributed by atoms with Crippen LogP contribution in [0.25, 0.3) is 0 Å². The summed E-state index contributed by atoms with van der Waals surface area (Å²) >= 11 is 0. The van der Waals surface area contributed by atoms with Crippen molar-refractivity contribution in [3.63, 3.8) is 0 Å². The normalized spacial score (nSPS) is 7.37. The Kier molecular flexibility index (Phi) is 18.8. The van der Waals surface area contributed by atoms with Crippen molar-refractivity contribution >= 4 is 11.7 Å². The van der Waals surface area contributed by atoms with Crippen LogP contribution in [0.4, 0.5) is 0 Å². The molecule has 0 aliphatic rings. The summed E-state index contributed by atoms with van der Waals surface area (Å²) < 4.78 is 4.24. The Labute approximate surface area is 130 Å². The standard InChI is InChI=1S/C10H24N4.C2H3N.2ClH/c1-11(2)9(12(3)4)10(13(5)6)14(7)8;1-2-3;;/h1-8H3;1H3;2*1H/q+2;;;/p-2. The highest BCUT2D eigenvalue weighted by Gasteiger charge is 2.29. The van der Waals surface area contributed by atoms with Crippen LogP contribution >= 0.6 is 0 Å². The lowest BCUT2D eigenvalue weighted by atomic mass is 10.4. The lowest BCUT2D eigenvalue weighted by Crippen LogP contribution is -3.00. The number of hydrogen-bond acceptors (Lipinski definition) is 1. The Balaban J connectivity index is -0.000000204. The minimum atomic E-state index is 0. The Bertz CT molecular complexity index is 305. The molecule has 0 radical (unpaired) electrons. The van der Waals surface area contributed by atoms with Crippen LogP contribution < -0.4 is 24.8 Å². The van der Waals surface area contributed by atoms with Crippen LogP contribution in [0, 0.1) is 11.3 Å². The predicted octanol–water partition coefficient (Wildman–Crippen LogP) is -6.01. The van der Waals surface area contributed by atoms with Gasteiger partial charge < -0.3 is 24.8 Å². The average molecular weight is 312 g/mol. The molecule has 0 saturated heterocycles. The van der Waals surface area contributed by atoms with Crippen molar-refractivity contribution in [3.05, 3.63) is 0 Å². The summed E-state index contributed by atoms with van der Waals surface area (Å²) in [4.78, 5) is 4.24. The Morgan fingerprint density at radius 3 is 1.00 bits per heavy atom. The van der Waals surface area contributed by atoms with Crippen LogP contribution in [0.5, 0.6) is 0 Å². The molecule has 0 aromatic heterocycles. The first kappa shape index (κ1) is 26.5. The molecule has 0 rings (SSSR count). The van der Waals surface area contributed by atoms with Gasteiger partial charge in [-0.15, -0.1) is 0 Å². The number of amidine groups is 2. The van der Waals surface area contributed by atoms with Crippen LogP contribution in [0.1, 0.15) is 6.92 Å². The van der Waals surface area contributed by atoms with Crippen LogP contribution in [0.3, 0.4) is 0 Å². The predicted molar refractivity (Wildman–Crippen MR) is 72.9 cm³/mol. The molecule has 0 heterocycles. The zero-order valence-electron chi connectivity index (χ0n) is 13.5. The van der Waals surface area contributed by atoms with Gasteiger partial charge in [-0.1, -0.05) is 0 Å². The Hall–Kier alpha value is -0.990. The van der Waals surface area contributed by atoms with Crippen molar-refractivity contribution in [2.75, 3.05) is 56.4 Å². The zero-order valence-corrected chi connectivity index (χ0v) is 15.0. The highest BCUT2D eigenvalue weighted by atomic mass is 35.5. The number of halogens is 2. The quantitative estimate of drug-likeness (QED) is 0.254. The van der Waals surface area contributed by atoms with Gasteiger partial charge in [0.2, 0.25) is 0 Å². The molecule has 19 heavy (non-hydrogen) atoms. The molecule has 114 valence electrons. The van der Waals surface area contributed by atoms with Crippen LogP contribution in [-0.4, -0.2) is 87.0 Å².